The lowest BCUT2D eigenvalue weighted by atomic mass is 10.1. The average Bonchev–Trinajstić information content (AvgIpc) is 2.84. The van der Waals surface area contributed by atoms with Gasteiger partial charge in [-0.05, 0) is 18.1 Å². The molecule has 1 aromatic rings. The highest BCUT2D eigenvalue weighted by molar-refractivity contribution is 5.63. The fourth-order valence-corrected chi connectivity index (χ4v) is 2.45. The molecule has 2 aliphatic rings. The van der Waals surface area contributed by atoms with Crippen LogP contribution in [0.3, 0.4) is 0 Å². The molecule has 0 bridgehead atoms. The zero-order valence-electron chi connectivity index (χ0n) is 8.78. The number of hydrogen-bond donors (Lipinski definition) is 1. The number of fused-ring (bicyclic) bond motifs is 1. The normalized spacial score (nSPS) is 24.1. The van der Waals surface area contributed by atoms with Crippen LogP contribution in [0.5, 0.6) is 5.75 Å². The van der Waals surface area contributed by atoms with Gasteiger partial charge in [-0.15, -0.1) is 0 Å². The third kappa shape index (κ3) is 1.47. The molecule has 1 saturated heterocycles. The molecule has 0 aromatic heterocycles. The van der Waals surface area contributed by atoms with Gasteiger partial charge in [0.05, 0.1) is 12.3 Å². The van der Waals surface area contributed by atoms with E-state index in [1.54, 1.807) is 0 Å². The predicted octanol–water partition coefficient (Wildman–Crippen LogP) is 1.16. The molecule has 1 unspecified atom stereocenters. The van der Waals surface area contributed by atoms with Gasteiger partial charge < -0.3 is 15.4 Å². The summed E-state index contributed by atoms with van der Waals surface area (Å²) in [6, 6.07) is 6.73. The summed E-state index contributed by atoms with van der Waals surface area (Å²) < 4.78 is 5.69. The van der Waals surface area contributed by atoms with E-state index < -0.39 is 0 Å². The van der Waals surface area contributed by atoms with E-state index in [0.29, 0.717) is 6.04 Å². The molecule has 0 amide bonds. The maximum absolute atomic E-state index is 5.93. The lowest BCUT2D eigenvalue weighted by Gasteiger charge is -2.20. The summed E-state index contributed by atoms with van der Waals surface area (Å²) in [6.45, 7) is 2.84. The molecule has 0 spiro atoms. The molecule has 15 heavy (non-hydrogen) atoms. The van der Waals surface area contributed by atoms with Gasteiger partial charge in [-0.25, -0.2) is 0 Å². The van der Waals surface area contributed by atoms with Gasteiger partial charge in [0.2, 0.25) is 0 Å². The van der Waals surface area contributed by atoms with Gasteiger partial charge in [0.15, 0.2) is 0 Å². The molecule has 3 rings (SSSR count). The van der Waals surface area contributed by atoms with Crippen LogP contribution in [0.1, 0.15) is 12.0 Å². The Labute approximate surface area is 89.8 Å². The van der Waals surface area contributed by atoms with Gasteiger partial charge in [-0.2, -0.15) is 0 Å². The summed E-state index contributed by atoms with van der Waals surface area (Å²) in [5, 5.41) is 0. The second-order valence-corrected chi connectivity index (χ2v) is 4.36. The maximum atomic E-state index is 5.93. The van der Waals surface area contributed by atoms with Crippen LogP contribution in [-0.4, -0.2) is 25.7 Å². The van der Waals surface area contributed by atoms with Gasteiger partial charge in [0.25, 0.3) is 0 Å². The number of rotatable bonds is 1. The zero-order valence-corrected chi connectivity index (χ0v) is 8.78. The summed E-state index contributed by atoms with van der Waals surface area (Å²) >= 11 is 0. The largest absolute Gasteiger partial charge is 0.491 e. The van der Waals surface area contributed by atoms with Crippen molar-refractivity contribution < 1.29 is 4.74 Å². The summed E-state index contributed by atoms with van der Waals surface area (Å²) in [5.74, 6) is 1.09. The second kappa shape index (κ2) is 3.42. The first-order chi connectivity index (χ1) is 7.34. The van der Waals surface area contributed by atoms with E-state index in [4.69, 9.17) is 10.5 Å². The molecule has 3 nitrogen and oxygen atoms in total. The Morgan fingerprint density at radius 2 is 2.33 bits per heavy atom. The first-order valence-corrected chi connectivity index (χ1v) is 5.60. The van der Waals surface area contributed by atoms with E-state index in [1.165, 1.54) is 11.3 Å². The number of hydrogen-bond acceptors (Lipinski definition) is 3. The van der Waals surface area contributed by atoms with Crippen LogP contribution < -0.4 is 15.4 Å². The molecule has 1 atom stereocenters. The number of anilines is 1. The summed E-state index contributed by atoms with van der Waals surface area (Å²) in [6.07, 6.45) is 2.13. The van der Waals surface area contributed by atoms with E-state index in [9.17, 15) is 0 Å². The molecule has 2 heterocycles. The minimum Gasteiger partial charge on any atom is -0.491 e. The van der Waals surface area contributed by atoms with E-state index in [0.717, 1.165) is 38.3 Å². The second-order valence-electron chi connectivity index (χ2n) is 4.36. The molecular weight excluding hydrogens is 188 g/mol. The number of ether oxygens (including phenoxy) is 1. The van der Waals surface area contributed by atoms with Gasteiger partial charge in [0, 0.05) is 25.6 Å². The van der Waals surface area contributed by atoms with E-state index in [1.807, 2.05) is 0 Å². The van der Waals surface area contributed by atoms with Crippen molar-refractivity contribution in [3.05, 3.63) is 23.8 Å². The summed E-state index contributed by atoms with van der Waals surface area (Å²) in [4.78, 5) is 2.34. The fourth-order valence-electron chi connectivity index (χ4n) is 2.45. The van der Waals surface area contributed by atoms with Crippen LogP contribution in [-0.2, 0) is 6.42 Å². The van der Waals surface area contributed by atoms with Crippen molar-refractivity contribution in [1.82, 2.24) is 0 Å². The average molecular weight is 204 g/mol. The quantitative estimate of drug-likeness (QED) is 0.746. The number of nitrogens with two attached hydrogens (primary N) is 1. The molecule has 1 fully saturated rings. The van der Waals surface area contributed by atoms with Crippen LogP contribution >= 0.6 is 0 Å². The Bertz CT molecular complexity index is 378. The number of benzene rings is 1. The van der Waals surface area contributed by atoms with Crippen molar-refractivity contribution in [3.8, 4) is 5.75 Å². The van der Waals surface area contributed by atoms with Crippen molar-refractivity contribution in [2.45, 2.75) is 18.9 Å². The van der Waals surface area contributed by atoms with E-state index in [2.05, 4.69) is 23.1 Å². The van der Waals surface area contributed by atoms with Crippen LogP contribution in [0.2, 0.25) is 0 Å². The minimum atomic E-state index is 0.322. The lowest BCUT2D eigenvalue weighted by molar-refractivity contribution is 0.357. The van der Waals surface area contributed by atoms with Crippen LogP contribution in [0.15, 0.2) is 18.2 Å². The highest BCUT2D eigenvalue weighted by Crippen LogP contribution is 2.37. The molecule has 80 valence electrons. The van der Waals surface area contributed by atoms with E-state index in [-0.39, 0.29) is 0 Å². The topological polar surface area (TPSA) is 38.5 Å². The Morgan fingerprint density at radius 1 is 1.40 bits per heavy atom. The molecule has 2 aliphatic heterocycles. The number of para-hydroxylation sites is 1. The van der Waals surface area contributed by atoms with Gasteiger partial charge in [-0.3, -0.25) is 0 Å². The van der Waals surface area contributed by atoms with Crippen molar-refractivity contribution in [2.75, 3.05) is 24.6 Å². The Hall–Kier alpha value is -1.22. The highest BCUT2D eigenvalue weighted by atomic mass is 16.5. The van der Waals surface area contributed by atoms with Gasteiger partial charge in [-0.1, -0.05) is 12.1 Å². The molecular formula is C12H16N2O. The first-order valence-electron chi connectivity index (χ1n) is 5.60. The Kier molecular flexibility index (Phi) is 2.06. The molecule has 0 radical (unpaired) electrons. The summed E-state index contributed by atoms with van der Waals surface area (Å²) in [5.41, 5.74) is 8.50. The molecule has 0 aliphatic carbocycles. The van der Waals surface area contributed by atoms with Crippen molar-refractivity contribution >= 4 is 5.69 Å². The molecule has 2 N–H and O–H groups in total. The maximum Gasteiger partial charge on any atom is 0.145 e. The standard InChI is InChI=1S/C12H16N2O/c13-10-4-6-14(8-10)11-3-1-2-9-5-7-15-12(9)11/h1-3,10H,4-8,13H2. The number of nitrogens with zero attached hydrogens (tertiary/aromatic N) is 1. The van der Waals surface area contributed by atoms with Crippen molar-refractivity contribution in [3.63, 3.8) is 0 Å². The van der Waals surface area contributed by atoms with Gasteiger partial charge in [0.1, 0.15) is 5.75 Å². The summed E-state index contributed by atoms with van der Waals surface area (Å²) in [7, 11) is 0. The SMILES string of the molecule is NC1CCN(c2cccc3c2OCC3)C1. The molecule has 1 aromatic carbocycles. The lowest BCUT2D eigenvalue weighted by Crippen LogP contribution is -2.26. The zero-order chi connectivity index (χ0) is 10.3. The third-order valence-electron chi connectivity index (χ3n) is 3.26. The predicted molar refractivity (Wildman–Crippen MR) is 60.4 cm³/mol. The fraction of sp³-hybridized carbons (Fsp3) is 0.500. The smallest absolute Gasteiger partial charge is 0.145 e. The van der Waals surface area contributed by atoms with E-state index >= 15 is 0 Å². The minimum absolute atomic E-state index is 0.322. The van der Waals surface area contributed by atoms with Crippen molar-refractivity contribution in [1.29, 1.82) is 0 Å². The van der Waals surface area contributed by atoms with Gasteiger partial charge >= 0.3 is 0 Å². The van der Waals surface area contributed by atoms with Crippen LogP contribution in [0, 0.1) is 0 Å². The Morgan fingerprint density at radius 3 is 3.13 bits per heavy atom. The highest BCUT2D eigenvalue weighted by Gasteiger charge is 2.24. The molecule has 0 saturated carbocycles. The first kappa shape index (κ1) is 9.04. The Balaban J connectivity index is 1.95. The van der Waals surface area contributed by atoms with Crippen molar-refractivity contribution in [2.24, 2.45) is 5.73 Å². The van der Waals surface area contributed by atoms with Crippen LogP contribution in [0.25, 0.3) is 0 Å². The third-order valence-corrected chi connectivity index (χ3v) is 3.26. The van der Waals surface area contributed by atoms with Crippen LogP contribution in [0.4, 0.5) is 5.69 Å². The molecule has 3 heteroatoms. The monoisotopic (exact) mass is 204 g/mol.